The second-order valence-electron chi connectivity index (χ2n) is 11.7. The lowest BCUT2D eigenvalue weighted by molar-refractivity contribution is -0.890. The second kappa shape index (κ2) is 13.8. The number of sulfone groups is 1. The number of thiol groups is 1. The van der Waals surface area contributed by atoms with Gasteiger partial charge >= 0.3 is 0 Å². The van der Waals surface area contributed by atoms with Crippen molar-refractivity contribution in [3.05, 3.63) is 11.4 Å². The number of nitrogens with one attached hydrogen (secondary N) is 2. The molecule has 0 spiro atoms. The summed E-state index contributed by atoms with van der Waals surface area (Å²) in [6.07, 6.45) is 4.95. The van der Waals surface area contributed by atoms with E-state index in [1.807, 2.05) is 20.8 Å². The number of hydrogen-bond acceptors (Lipinski definition) is 5. The van der Waals surface area contributed by atoms with Gasteiger partial charge in [0.15, 0.2) is 0 Å². The molecule has 0 aliphatic heterocycles. The third-order valence-electron chi connectivity index (χ3n) is 6.22. The first kappa shape index (κ1) is 33.7. The van der Waals surface area contributed by atoms with Crippen molar-refractivity contribution in [2.24, 2.45) is 5.41 Å². The van der Waals surface area contributed by atoms with Crippen molar-refractivity contribution in [3.8, 4) is 0 Å². The lowest BCUT2D eigenvalue weighted by Crippen LogP contribution is -2.50. The van der Waals surface area contributed by atoms with Crippen LogP contribution in [0.4, 0.5) is 0 Å². The third kappa shape index (κ3) is 14.1. The maximum absolute atomic E-state index is 13.1. The number of amides is 2. The standard InChI is InChI=1S/C25H48N4O4S2/c1-10-11-14-27-21(30)24(4,19-23(2,3)26-6)20-25(5,34)22(31)28-15-12-16-29(7,8)17-13-18-35(9,32)33/h10-20H2,1-5,7-9H3,(H2-,27,28,30,31,34)/p+1. The van der Waals surface area contributed by atoms with Crippen molar-refractivity contribution in [2.75, 3.05) is 52.3 Å². The van der Waals surface area contributed by atoms with Crippen molar-refractivity contribution < 1.29 is 22.5 Å². The number of nitrogens with zero attached hydrogens (tertiary/aromatic N) is 2. The number of hydrogen-bond donors (Lipinski definition) is 3. The highest BCUT2D eigenvalue weighted by Gasteiger charge is 2.47. The molecule has 0 rings (SSSR count). The number of rotatable bonds is 17. The Morgan fingerprint density at radius 1 is 0.943 bits per heavy atom. The molecule has 204 valence electrons. The molecule has 2 unspecified atom stereocenters. The highest BCUT2D eigenvalue weighted by Crippen LogP contribution is 2.40. The first-order valence-corrected chi connectivity index (χ1v) is 15.0. The third-order valence-corrected chi connectivity index (χ3v) is 7.61. The van der Waals surface area contributed by atoms with Crippen molar-refractivity contribution in [1.82, 2.24) is 10.6 Å². The maximum Gasteiger partial charge on any atom is 0.235 e. The average molecular weight is 534 g/mol. The zero-order valence-electron chi connectivity index (χ0n) is 23.2. The maximum atomic E-state index is 13.1. The Balaban J connectivity index is 5.06. The van der Waals surface area contributed by atoms with Crippen LogP contribution in [0.15, 0.2) is 0 Å². The van der Waals surface area contributed by atoms with Gasteiger partial charge in [-0.15, -0.1) is 0 Å². The molecule has 0 aliphatic rings. The van der Waals surface area contributed by atoms with Crippen LogP contribution >= 0.6 is 12.6 Å². The summed E-state index contributed by atoms with van der Waals surface area (Å²) in [4.78, 5) is 29.8. The van der Waals surface area contributed by atoms with E-state index >= 15 is 0 Å². The monoisotopic (exact) mass is 533 g/mol. The molecule has 2 amide bonds. The van der Waals surface area contributed by atoms with Gasteiger partial charge < -0.3 is 20.0 Å². The van der Waals surface area contributed by atoms with Crippen molar-refractivity contribution in [2.45, 2.75) is 83.4 Å². The van der Waals surface area contributed by atoms with Crippen LogP contribution in [-0.4, -0.2) is 87.3 Å². The Morgan fingerprint density at radius 3 is 1.97 bits per heavy atom. The van der Waals surface area contributed by atoms with E-state index in [4.69, 9.17) is 6.57 Å². The normalized spacial score (nSPS) is 16.0. The van der Waals surface area contributed by atoms with Crippen LogP contribution in [0.3, 0.4) is 0 Å². The SMILES string of the molecule is [C-]#[N+]C(C)(C)CC(C)(CC(C)(S)C(=O)NCCC[N+](C)(C)CCCS(C)(=O)=O)C(=O)NCCCC. The van der Waals surface area contributed by atoms with Gasteiger partial charge in [0.25, 0.3) is 0 Å². The minimum Gasteiger partial charge on any atom is -0.356 e. The Labute approximate surface area is 219 Å². The molecule has 0 aromatic rings. The fraction of sp³-hybridized carbons (Fsp3) is 0.880. The molecule has 0 aromatic carbocycles. The topological polar surface area (TPSA) is 96.7 Å². The first-order chi connectivity index (χ1) is 15.8. The van der Waals surface area contributed by atoms with E-state index in [1.165, 1.54) is 6.26 Å². The molecule has 0 heterocycles. The zero-order valence-corrected chi connectivity index (χ0v) is 24.9. The van der Waals surface area contributed by atoms with E-state index < -0.39 is 25.5 Å². The van der Waals surface area contributed by atoms with Gasteiger partial charge in [-0.25, -0.2) is 15.0 Å². The first-order valence-electron chi connectivity index (χ1n) is 12.5. The van der Waals surface area contributed by atoms with E-state index in [2.05, 4.69) is 49.1 Å². The van der Waals surface area contributed by atoms with Crippen LogP contribution in [0, 0.1) is 12.0 Å². The van der Waals surface area contributed by atoms with Gasteiger partial charge in [0, 0.05) is 52.5 Å². The smallest absolute Gasteiger partial charge is 0.235 e. The Kier molecular flexibility index (Phi) is 13.3. The van der Waals surface area contributed by atoms with Gasteiger partial charge in [0.2, 0.25) is 17.4 Å². The second-order valence-corrected chi connectivity index (χ2v) is 14.9. The minimum atomic E-state index is -2.96. The Morgan fingerprint density at radius 2 is 1.46 bits per heavy atom. The molecule has 0 bridgehead atoms. The molecule has 10 heteroatoms. The minimum absolute atomic E-state index is 0.149. The summed E-state index contributed by atoms with van der Waals surface area (Å²) in [6, 6.07) is 0. The number of quaternary nitrogens is 1. The number of carbonyl (C=O) groups excluding carboxylic acids is 2. The molecule has 0 saturated carbocycles. The van der Waals surface area contributed by atoms with Crippen LogP contribution in [0.2, 0.25) is 0 Å². The van der Waals surface area contributed by atoms with Crippen molar-refractivity contribution in [3.63, 3.8) is 0 Å². The molecule has 8 nitrogen and oxygen atoms in total. The van der Waals surface area contributed by atoms with Crippen LogP contribution < -0.4 is 10.6 Å². The lowest BCUT2D eigenvalue weighted by Gasteiger charge is -2.36. The number of unbranched alkanes of at least 4 members (excludes halogenated alkanes) is 1. The van der Waals surface area contributed by atoms with E-state index in [1.54, 1.807) is 6.92 Å². The molecule has 0 aliphatic carbocycles. The van der Waals surface area contributed by atoms with E-state index in [0.717, 1.165) is 32.4 Å². The van der Waals surface area contributed by atoms with Gasteiger partial charge in [-0.3, -0.25) is 9.59 Å². The highest BCUT2D eigenvalue weighted by atomic mass is 32.2. The van der Waals surface area contributed by atoms with Crippen molar-refractivity contribution in [1.29, 1.82) is 0 Å². The predicted molar refractivity (Wildman–Crippen MR) is 147 cm³/mol. The summed E-state index contributed by atoms with van der Waals surface area (Å²) in [5, 5.41) is 5.93. The van der Waals surface area contributed by atoms with E-state index in [9.17, 15) is 18.0 Å². The van der Waals surface area contributed by atoms with E-state index in [-0.39, 0.29) is 24.0 Å². The Hall–Kier alpha value is -1.31. The molecule has 35 heavy (non-hydrogen) atoms. The summed E-state index contributed by atoms with van der Waals surface area (Å²) in [6.45, 7) is 19.3. The van der Waals surface area contributed by atoms with Gasteiger partial charge in [-0.2, -0.15) is 12.6 Å². The zero-order chi connectivity index (χ0) is 27.6. The van der Waals surface area contributed by atoms with Crippen molar-refractivity contribution >= 4 is 34.3 Å². The molecule has 2 atom stereocenters. The summed E-state index contributed by atoms with van der Waals surface area (Å²) in [7, 11) is 1.14. The lowest BCUT2D eigenvalue weighted by atomic mass is 9.72. The molecular formula is C25H49N4O4S2+. The molecule has 0 aromatic heterocycles. The van der Waals surface area contributed by atoms with Gasteiger partial charge in [-0.1, -0.05) is 20.3 Å². The highest BCUT2D eigenvalue weighted by molar-refractivity contribution is 7.90. The van der Waals surface area contributed by atoms with Gasteiger partial charge in [0.1, 0.15) is 9.84 Å². The van der Waals surface area contributed by atoms with Crippen LogP contribution in [-0.2, 0) is 19.4 Å². The molecule has 2 N–H and O–H groups in total. The summed E-state index contributed by atoms with van der Waals surface area (Å²) >= 11 is 4.66. The fourth-order valence-electron chi connectivity index (χ4n) is 4.42. The van der Waals surface area contributed by atoms with Crippen LogP contribution in [0.5, 0.6) is 0 Å². The van der Waals surface area contributed by atoms with E-state index in [0.29, 0.717) is 30.4 Å². The molecular weight excluding hydrogens is 484 g/mol. The van der Waals surface area contributed by atoms with Gasteiger partial charge in [0.05, 0.1) is 43.1 Å². The van der Waals surface area contributed by atoms with Gasteiger partial charge in [-0.05, 0) is 19.8 Å². The fourth-order valence-corrected chi connectivity index (χ4v) is 5.50. The average Bonchev–Trinajstić information content (AvgIpc) is 2.69. The Bertz CT molecular complexity index is 848. The predicted octanol–water partition coefficient (Wildman–Crippen LogP) is 3.09. The van der Waals surface area contributed by atoms with Crippen LogP contribution in [0.25, 0.3) is 4.85 Å². The molecule has 0 saturated heterocycles. The number of carbonyl (C=O) groups is 2. The quantitative estimate of drug-likeness (QED) is 0.116. The molecule has 0 radical (unpaired) electrons. The summed E-state index contributed by atoms with van der Waals surface area (Å²) < 4.78 is 22.3. The molecule has 0 fully saturated rings. The summed E-state index contributed by atoms with van der Waals surface area (Å²) in [5.74, 6) is -0.210. The van der Waals surface area contributed by atoms with Crippen LogP contribution in [0.1, 0.15) is 73.1 Å². The summed E-state index contributed by atoms with van der Waals surface area (Å²) in [5.41, 5.74) is -1.66. The largest absolute Gasteiger partial charge is 0.356 e.